The first kappa shape index (κ1) is 10.0. The molecule has 0 aromatic heterocycles. The molecule has 0 amide bonds. The van der Waals surface area contributed by atoms with Crippen LogP contribution in [-0.2, 0) is 4.74 Å². The highest BCUT2D eigenvalue weighted by Gasteiger charge is 2.16. The van der Waals surface area contributed by atoms with Crippen molar-refractivity contribution in [3.8, 4) is 0 Å². The van der Waals surface area contributed by atoms with Gasteiger partial charge in [0.1, 0.15) is 0 Å². The summed E-state index contributed by atoms with van der Waals surface area (Å²) in [6.07, 6.45) is 6.06. The molecule has 0 spiro atoms. The van der Waals surface area contributed by atoms with Crippen LogP contribution in [0.15, 0.2) is 0 Å². The van der Waals surface area contributed by atoms with Crippen molar-refractivity contribution in [2.45, 2.75) is 52.6 Å². The first-order valence-corrected chi connectivity index (χ1v) is 5.31. The third-order valence-electron chi connectivity index (χ3n) is 3.01. The molecular formula is C11H22O. The van der Waals surface area contributed by atoms with Gasteiger partial charge < -0.3 is 4.74 Å². The van der Waals surface area contributed by atoms with Crippen LogP contribution in [0, 0.1) is 11.8 Å². The molecule has 0 radical (unpaired) electrons. The molecule has 12 heavy (non-hydrogen) atoms. The van der Waals surface area contributed by atoms with E-state index >= 15 is 0 Å². The first-order valence-electron chi connectivity index (χ1n) is 5.31. The van der Waals surface area contributed by atoms with Gasteiger partial charge in [-0.2, -0.15) is 0 Å². The predicted octanol–water partition coefficient (Wildman–Crippen LogP) is 3.24. The van der Waals surface area contributed by atoms with Crippen molar-refractivity contribution in [2.24, 2.45) is 11.8 Å². The van der Waals surface area contributed by atoms with E-state index in [0.717, 1.165) is 12.5 Å². The van der Waals surface area contributed by atoms with Gasteiger partial charge in [0.2, 0.25) is 0 Å². The van der Waals surface area contributed by atoms with E-state index in [4.69, 9.17) is 4.74 Å². The lowest BCUT2D eigenvalue weighted by molar-refractivity contribution is 0.0149. The van der Waals surface area contributed by atoms with Crippen LogP contribution in [0.5, 0.6) is 0 Å². The van der Waals surface area contributed by atoms with Gasteiger partial charge in [-0.15, -0.1) is 0 Å². The minimum Gasteiger partial charge on any atom is -0.378 e. The summed E-state index contributed by atoms with van der Waals surface area (Å²) >= 11 is 0. The standard InChI is InChI=1S/C11H22O/c1-9(2)10(3)12-8-11-6-4-5-7-11/h9-11H,4-8H2,1-3H3. The summed E-state index contributed by atoms with van der Waals surface area (Å²) in [5.74, 6) is 1.53. The van der Waals surface area contributed by atoms with Crippen LogP contribution in [0.3, 0.4) is 0 Å². The molecule has 0 aliphatic heterocycles. The van der Waals surface area contributed by atoms with Crippen LogP contribution >= 0.6 is 0 Å². The molecule has 1 saturated carbocycles. The molecule has 1 nitrogen and oxygen atoms in total. The number of ether oxygens (including phenoxy) is 1. The molecule has 0 saturated heterocycles. The number of hydrogen-bond donors (Lipinski definition) is 0. The summed E-state index contributed by atoms with van der Waals surface area (Å²) in [5, 5.41) is 0. The van der Waals surface area contributed by atoms with Crippen molar-refractivity contribution < 1.29 is 4.74 Å². The molecule has 1 rings (SSSR count). The largest absolute Gasteiger partial charge is 0.378 e. The normalized spacial score (nSPS) is 22.0. The minimum atomic E-state index is 0.436. The van der Waals surface area contributed by atoms with Gasteiger partial charge in [0, 0.05) is 6.61 Å². The third kappa shape index (κ3) is 3.14. The van der Waals surface area contributed by atoms with Crippen molar-refractivity contribution in [2.75, 3.05) is 6.61 Å². The van der Waals surface area contributed by atoms with Crippen LogP contribution in [0.4, 0.5) is 0 Å². The van der Waals surface area contributed by atoms with E-state index in [2.05, 4.69) is 20.8 Å². The molecular weight excluding hydrogens is 148 g/mol. The number of rotatable bonds is 4. The SMILES string of the molecule is CC(C)C(C)OCC1CCCC1. The second-order valence-electron chi connectivity index (χ2n) is 4.43. The van der Waals surface area contributed by atoms with Crippen molar-refractivity contribution in [3.05, 3.63) is 0 Å². The average Bonchev–Trinajstić information content (AvgIpc) is 2.51. The van der Waals surface area contributed by atoms with Gasteiger partial charge in [-0.05, 0) is 31.6 Å². The predicted molar refractivity (Wildman–Crippen MR) is 52.2 cm³/mol. The fourth-order valence-electron chi connectivity index (χ4n) is 1.66. The topological polar surface area (TPSA) is 9.23 Å². The lowest BCUT2D eigenvalue weighted by Crippen LogP contribution is -2.19. The maximum Gasteiger partial charge on any atom is 0.0570 e. The Labute approximate surface area is 76.5 Å². The van der Waals surface area contributed by atoms with E-state index in [0.29, 0.717) is 12.0 Å². The van der Waals surface area contributed by atoms with Crippen molar-refractivity contribution in [1.29, 1.82) is 0 Å². The second kappa shape index (κ2) is 4.86. The minimum absolute atomic E-state index is 0.436. The van der Waals surface area contributed by atoms with Gasteiger partial charge >= 0.3 is 0 Å². The highest BCUT2D eigenvalue weighted by atomic mass is 16.5. The molecule has 0 bridgehead atoms. The van der Waals surface area contributed by atoms with Gasteiger partial charge in [0.25, 0.3) is 0 Å². The molecule has 1 aliphatic rings. The summed E-state index contributed by atoms with van der Waals surface area (Å²) in [6, 6.07) is 0. The summed E-state index contributed by atoms with van der Waals surface area (Å²) < 4.78 is 5.79. The Kier molecular flexibility index (Phi) is 4.07. The molecule has 0 aromatic rings. The van der Waals surface area contributed by atoms with Gasteiger partial charge in [-0.25, -0.2) is 0 Å². The lowest BCUT2D eigenvalue weighted by atomic mass is 10.1. The number of hydrogen-bond acceptors (Lipinski definition) is 1. The Morgan fingerprint density at radius 2 is 1.75 bits per heavy atom. The summed E-state index contributed by atoms with van der Waals surface area (Å²) in [7, 11) is 0. The lowest BCUT2D eigenvalue weighted by Gasteiger charge is -2.19. The summed E-state index contributed by atoms with van der Waals surface area (Å²) in [4.78, 5) is 0. The van der Waals surface area contributed by atoms with Crippen LogP contribution in [-0.4, -0.2) is 12.7 Å². The zero-order chi connectivity index (χ0) is 8.97. The molecule has 0 heterocycles. The monoisotopic (exact) mass is 170 g/mol. The van der Waals surface area contributed by atoms with E-state index < -0.39 is 0 Å². The zero-order valence-corrected chi connectivity index (χ0v) is 8.68. The Morgan fingerprint density at radius 3 is 2.25 bits per heavy atom. The van der Waals surface area contributed by atoms with Crippen molar-refractivity contribution >= 4 is 0 Å². The quantitative estimate of drug-likeness (QED) is 0.629. The smallest absolute Gasteiger partial charge is 0.0570 e. The van der Waals surface area contributed by atoms with E-state index in [9.17, 15) is 0 Å². The van der Waals surface area contributed by atoms with Gasteiger partial charge in [-0.1, -0.05) is 26.7 Å². The Balaban J connectivity index is 2.07. The van der Waals surface area contributed by atoms with E-state index in [1.54, 1.807) is 0 Å². The zero-order valence-electron chi connectivity index (χ0n) is 8.68. The van der Waals surface area contributed by atoms with E-state index in [1.807, 2.05) is 0 Å². The van der Waals surface area contributed by atoms with Crippen LogP contribution in [0.25, 0.3) is 0 Å². The maximum atomic E-state index is 5.79. The second-order valence-corrected chi connectivity index (χ2v) is 4.43. The first-order chi connectivity index (χ1) is 5.70. The molecule has 72 valence electrons. The third-order valence-corrected chi connectivity index (χ3v) is 3.01. The van der Waals surface area contributed by atoms with Crippen molar-refractivity contribution in [3.63, 3.8) is 0 Å². The Morgan fingerprint density at radius 1 is 1.17 bits per heavy atom. The molecule has 1 aliphatic carbocycles. The molecule has 0 N–H and O–H groups in total. The van der Waals surface area contributed by atoms with E-state index in [-0.39, 0.29) is 0 Å². The van der Waals surface area contributed by atoms with Crippen LogP contribution in [0.1, 0.15) is 46.5 Å². The van der Waals surface area contributed by atoms with E-state index in [1.165, 1.54) is 25.7 Å². The fraction of sp³-hybridized carbons (Fsp3) is 1.00. The summed E-state index contributed by atoms with van der Waals surface area (Å²) in [5.41, 5.74) is 0. The highest BCUT2D eigenvalue weighted by molar-refractivity contribution is 4.67. The highest BCUT2D eigenvalue weighted by Crippen LogP contribution is 2.25. The van der Waals surface area contributed by atoms with Gasteiger partial charge in [0.05, 0.1) is 6.10 Å². The van der Waals surface area contributed by atoms with Crippen LogP contribution in [0.2, 0.25) is 0 Å². The molecule has 1 fully saturated rings. The Bertz CT molecular complexity index is 112. The molecule has 1 atom stereocenters. The summed E-state index contributed by atoms with van der Waals surface area (Å²) in [6.45, 7) is 7.62. The van der Waals surface area contributed by atoms with Gasteiger partial charge in [-0.3, -0.25) is 0 Å². The average molecular weight is 170 g/mol. The molecule has 0 aromatic carbocycles. The molecule has 1 unspecified atom stereocenters. The van der Waals surface area contributed by atoms with Crippen molar-refractivity contribution in [1.82, 2.24) is 0 Å². The molecule has 1 heteroatoms. The Hall–Kier alpha value is -0.0400. The fourth-order valence-corrected chi connectivity index (χ4v) is 1.66. The maximum absolute atomic E-state index is 5.79. The van der Waals surface area contributed by atoms with Gasteiger partial charge in [0.15, 0.2) is 0 Å². The van der Waals surface area contributed by atoms with Crippen LogP contribution < -0.4 is 0 Å².